The van der Waals surface area contributed by atoms with Crippen molar-refractivity contribution in [2.75, 3.05) is 13.7 Å². The van der Waals surface area contributed by atoms with Gasteiger partial charge in [0.15, 0.2) is 0 Å². The molecule has 0 spiro atoms. The summed E-state index contributed by atoms with van der Waals surface area (Å²) in [6.45, 7) is 9.13. The maximum absolute atomic E-state index is 4.91. The molecule has 0 aromatic carbocycles. The maximum Gasteiger partial charge on any atom is 0.0462 e. The molecule has 0 aliphatic carbocycles. The molecule has 0 aromatic heterocycles. The van der Waals surface area contributed by atoms with Gasteiger partial charge >= 0.3 is 0 Å². The molecule has 0 fully saturated rings. The molecular formula is C8H17O. The Morgan fingerprint density at radius 3 is 2.33 bits per heavy atom. The third-order valence-corrected chi connectivity index (χ3v) is 1.20. The molecule has 0 unspecified atom stereocenters. The summed E-state index contributed by atoms with van der Waals surface area (Å²) < 4.78 is 4.91. The lowest BCUT2D eigenvalue weighted by Gasteiger charge is -2.16. The Morgan fingerprint density at radius 2 is 2.00 bits per heavy atom. The van der Waals surface area contributed by atoms with Crippen LogP contribution in [0.5, 0.6) is 0 Å². The minimum absolute atomic E-state index is 0.221. The minimum atomic E-state index is 0.221. The van der Waals surface area contributed by atoms with Gasteiger partial charge in [-0.25, -0.2) is 0 Å². The lowest BCUT2D eigenvalue weighted by molar-refractivity contribution is 0.182. The van der Waals surface area contributed by atoms with Crippen LogP contribution in [0.15, 0.2) is 0 Å². The molecule has 0 atom stereocenters. The zero-order valence-corrected chi connectivity index (χ0v) is 6.74. The van der Waals surface area contributed by atoms with Crippen molar-refractivity contribution in [2.24, 2.45) is 5.41 Å². The monoisotopic (exact) mass is 129 g/mol. The zero-order chi connectivity index (χ0) is 7.33. The van der Waals surface area contributed by atoms with E-state index in [1.54, 1.807) is 7.11 Å². The quantitative estimate of drug-likeness (QED) is 0.529. The van der Waals surface area contributed by atoms with Crippen LogP contribution in [0.3, 0.4) is 0 Å². The number of rotatable bonds is 4. The lowest BCUT2D eigenvalue weighted by atomic mass is 9.91. The highest BCUT2D eigenvalue weighted by molar-refractivity contribution is 4.69. The van der Waals surface area contributed by atoms with Gasteiger partial charge in [0, 0.05) is 13.7 Å². The second kappa shape index (κ2) is 3.89. The highest BCUT2D eigenvalue weighted by Gasteiger charge is 2.08. The van der Waals surface area contributed by atoms with E-state index in [1.807, 2.05) is 0 Å². The highest BCUT2D eigenvalue weighted by Crippen LogP contribution is 2.19. The standard InChI is InChI=1S/C8H17O/c1-8(2,3)6-5-7-9-4/h1,5-7H2,2-4H3. The first-order valence-electron chi connectivity index (χ1n) is 3.40. The van der Waals surface area contributed by atoms with Crippen molar-refractivity contribution < 1.29 is 4.74 Å². The molecule has 1 radical (unpaired) electrons. The molecule has 0 aliphatic rings. The van der Waals surface area contributed by atoms with Crippen LogP contribution in [-0.2, 0) is 4.74 Å². The van der Waals surface area contributed by atoms with E-state index in [-0.39, 0.29) is 5.41 Å². The van der Waals surface area contributed by atoms with Crippen LogP contribution < -0.4 is 0 Å². The van der Waals surface area contributed by atoms with E-state index < -0.39 is 0 Å². The van der Waals surface area contributed by atoms with Gasteiger partial charge in [0.05, 0.1) is 0 Å². The molecule has 0 N–H and O–H groups in total. The van der Waals surface area contributed by atoms with E-state index in [0.717, 1.165) is 19.4 Å². The fraction of sp³-hybridized carbons (Fsp3) is 0.875. The SMILES string of the molecule is [CH2]C(C)(C)CCCOC. The van der Waals surface area contributed by atoms with E-state index in [1.165, 1.54) is 0 Å². The summed E-state index contributed by atoms with van der Waals surface area (Å²) in [6.07, 6.45) is 2.26. The Balaban J connectivity index is 3.07. The molecule has 0 aromatic rings. The number of hydrogen-bond donors (Lipinski definition) is 0. The fourth-order valence-electron chi connectivity index (χ4n) is 0.695. The molecule has 1 heteroatoms. The highest BCUT2D eigenvalue weighted by atomic mass is 16.5. The predicted molar refractivity (Wildman–Crippen MR) is 40.2 cm³/mol. The van der Waals surface area contributed by atoms with Gasteiger partial charge in [-0.3, -0.25) is 0 Å². The molecule has 1 nitrogen and oxygen atoms in total. The van der Waals surface area contributed by atoms with Gasteiger partial charge in [-0.1, -0.05) is 13.8 Å². The molecule has 55 valence electrons. The van der Waals surface area contributed by atoms with Gasteiger partial charge in [-0.2, -0.15) is 0 Å². The molecule has 0 aliphatic heterocycles. The Labute approximate surface area is 58.4 Å². The fourth-order valence-corrected chi connectivity index (χ4v) is 0.695. The summed E-state index contributed by atoms with van der Waals surface area (Å²) in [4.78, 5) is 0. The van der Waals surface area contributed by atoms with E-state index >= 15 is 0 Å². The first-order chi connectivity index (χ1) is 4.06. The van der Waals surface area contributed by atoms with Gasteiger partial charge in [-0.15, -0.1) is 0 Å². The van der Waals surface area contributed by atoms with Gasteiger partial charge < -0.3 is 4.74 Å². The third-order valence-electron chi connectivity index (χ3n) is 1.20. The van der Waals surface area contributed by atoms with E-state index in [4.69, 9.17) is 4.74 Å². The van der Waals surface area contributed by atoms with Crippen LogP contribution in [0.25, 0.3) is 0 Å². The van der Waals surface area contributed by atoms with E-state index in [2.05, 4.69) is 20.8 Å². The van der Waals surface area contributed by atoms with Crippen LogP contribution in [0.4, 0.5) is 0 Å². The Morgan fingerprint density at radius 1 is 1.44 bits per heavy atom. The van der Waals surface area contributed by atoms with Gasteiger partial charge in [-0.05, 0) is 25.2 Å². The predicted octanol–water partition coefficient (Wildman–Crippen LogP) is 2.27. The van der Waals surface area contributed by atoms with Gasteiger partial charge in [0.2, 0.25) is 0 Å². The smallest absolute Gasteiger partial charge is 0.0462 e. The van der Waals surface area contributed by atoms with Gasteiger partial charge in [0.1, 0.15) is 0 Å². The summed E-state index contributed by atoms with van der Waals surface area (Å²) in [5.74, 6) is 0. The van der Waals surface area contributed by atoms with Crippen molar-refractivity contribution in [3.8, 4) is 0 Å². The average Bonchev–Trinajstić information content (AvgIpc) is 1.63. The van der Waals surface area contributed by atoms with Gasteiger partial charge in [0.25, 0.3) is 0 Å². The molecule has 0 saturated heterocycles. The molecule has 0 bridgehead atoms. The molecule has 0 saturated carbocycles. The van der Waals surface area contributed by atoms with Crippen molar-refractivity contribution in [1.29, 1.82) is 0 Å². The topological polar surface area (TPSA) is 9.23 Å². The summed E-state index contributed by atoms with van der Waals surface area (Å²) in [5.41, 5.74) is 0.221. The average molecular weight is 129 g/mol. The first-order valence-corrected chi connectivity index (χ1v) is 3.40. The van der Waals surface area contributed by atoms with Crippen LogP contribution in [0.1, 0.15) is 26.7 Å². The van der Waals surface area contributed by atoms with E-state index in [9.17, 15) is 0 Å². The second-order valence-corrected chi connectivity index (χ2v) is 3.26. The lowest BCUT2D eigenvalue weighted by Crippen LogP contribution is -2.06. The van der Waals surface area contributed by atoms with Crippen molar-refractivity contribution in [1.82, 2.24) is 0 Å². The van der Waals surface area contributed by atoms with Crippen molar-refractivity contribution in [3.63, 3.8) is 0 Å². The summed E-state index contributed by atoms with van der Waals surface area (Å²) in [5, 5.41) is 0. The molecular weight excluding hydrogens is 112 g/mol. The number of ether oxygens (including phenoxy) is 1. The molecule has 9 heavy (non-hydrogen) atoms. The first kappa shape index (κ1) is 8.96. The van der Waals surface area contributed by atoms with Crippen LogP contribution >= 0.6 is 0 Å². The normalized spacial score (nSPS) is 12.0. The number of hydrogen-bond acceptors (Lipinski definition) is 1. The van der Waals surface area contributed by atoms with Crippen LogP contribution in [-0.4, -0.2) is 13.7 Å². The van der Waals surface area contributed by atoms with Crippen molar-refractivity contribution >= 4 is 0 Å². The largest absolute Gasteiger partial charge is 0.385 e. The summed E-state index contributed by atoms with van der Waals surface area (Å²) in [7, 11) is 1.73. The Hall–Kier alpha value is -0.0400. The van der Waals surface area contributed by atoms with Crippen LogP contribution in [0, 0.1) is 12.3 Å². The zero-order valence-electron chi connectivity index (χ0n) is 6.74. The van der Waals surface area contributed by atoms with Crippen molar-refractivity contribution in [3.05, 3.63) is 6.92 Å². The Kier molecular flexibility index (Phi) is 3.87. The minimum Gasteiger partial charge on any atom is -0.385 e. The van der Waals surface area contributed by atoms with Crippen LogP contribution in [0.2, 0.25) is 0 Å². The Bertz CT molecular complexity index is 61.5. The summed E-state index contributed by atoms with van der Waals surface area (Å²) >= 11 is 0. The summed E-state index contributed by atoms with van der Waals surface area (Å²) in [6, 6.07) is 0. The molecule has 0 heterocycles. The third kappa shape index (κ3) is 7.96. The second-order valence-electron chi connectivity index (χ2n) is 3.26. The number of methoxy groups -OCH3 is 1. The molecule has 0 amide bonds. The van der Waals surface area contributed by atoms with Crippen molar-refractivity contribution in [2.45, 2.75) is 26.7 Å². The maximum atomic E-state index is 4.91. The van der Waals surface area contributed by atoms with E-state index in [0.29, 0.717) is 0 Å². The molecule has 0 rings (SSSR count).